The number of benzene rings is 1. The van der Waals surface area contributed by atoms with E-state index in [9.17, 15) is 10.2 Å². The van der Waals surface area contributed by atoms with E-state index in [1.54, 1.807) is 6.92 Å². The molecule has 1 aromatic rings. The van der Waals surface area contributed by atoms with Crippen LogP contribution < -0.4 is 0 Å². The molecule has 0 saturated carbocycles. The van der Waals surface area contributed by atoms with E-state index in [0.29, 0.717) is 6.61 Å². The van der Waals surface area contributed by atoms with Crippen LogP contribution in [0, 0.1) is 0 Å². The number of ether oxygens (including phenoxy) is 2. The molecule has 1 heterocycles. The van der Waals surface area contributed by atoms with Gasteiger partial charge >= 0.3 is 0 Å². The predicted molar refractivity (Wildman–Crippen MR) is 68.5 cm³/mol. The molecule has 0 spiro atoms. The van der Waals surface area contributed by atoms with Crippen LogP contribution in [0.4, 0.5) is 0 Å². The Morgan fingerprint density at radius 1 is 1.16 bits per heavy atom. The van der Waals surface area contributed by atoms with Gasteiger partial charge in [0.2, 0.25) is 0 Å². The Bertz CT molecular complexity index is 383. The van der Waals surface area contributed by atoms with E-state index in [-0.39, 0.29) is 6.61 Å². The van der Waals surface area contributed by atoms with E-state index in [4.69, 9.17) is 14.6 Å². The maximum absolute atomic E-state index is 10.0. The first-order valence-corrected chi connectivity index (χ1v) is 6.41. The summed E-state index contributed by atoms with van der Waals surface area (Å²) in [6, 6.07) is 9.52. The van der Waals surface area contributed by atoms with Crippen molar-refractivity contribution in [1.29, 1.82) is 0 Å². The number of hydrogen-bond donors (Lipinski definition) is 3. The predicted octanol–water partition coefficient (Wildman–Crippen LogP) is 0.0732. The monoisotopic (exact) mass is 268 g/mol. The summed E-state index contributed by atoms with van der Waals surface area (Å²) in [5, 5.41) is 29.2. The van der Waals surface area contributed by atoms with Gasteiger partial charge in [0.15, 0.2) is 0 Å². The molecule has 1 aliphatic rings. The van der Waals surface area contributed by atoms with Crippen molar-refractivity contribution < 1.29 is 24.8 Å². The van der Waals surface area contributed by atoms with Crippen LogP contribution in [0.5, 0.6) is 0 Å². The minimum absolute atomic E-state index is 0.296. The molecular weight excluding hydrogens is 248 g/mol. The van der Waals surface area contributed by atoms with Gasteiger partial charge in [-0.3, -0.25) is 0 Å². The van der Waals surface area contributed by atoms with Gasteiger partial charge in [0.1, 0.15) is 24.4 Å². The van der Waals surface area contributed by atoms with Gasteiger partial charge in [-0.25, -0.2) is 0 Å². The van der Waals surface area contributed by atoms with Gasteiger partial charge in [-0.1, -0.05) is 30.3 Å². The van der Waals surface area contributed by atoms with E-state index < -0.39 is 30.5 Å². The van der Waals surface area contributed by atoms with Crippen molar-refractivity contribution >= 4 is 0 Å². The molecule has 0 unspecified atom stereocenters. The van der Waals surface area contributed by atoms with Gasteiger partial charge in [0.05, 0.1) is 19.3 Å². The zero-order chi connectivity index (χ0) is 13.8. The Hall–Kier alpha value is -0.980. The quantitative estimate of drug-likeness (QED) is 0.720. The fourth-order valence-electron chi connectivity index (χ4n) is 2.23. The van der Waals surface area contributed by atoms with Crippen molar-refractivity contribution in [3.63, 3.8) is 0 Å². The van der Waals surface area contributed by atoms with Gasteiger partial charge in [-0.05, 0) is 12.5 Å². The van der Waals surface area contributed by atoms with Crippen LogP contribution in [0.1, 0.15) is 12.5 Å². The van der Waals surface area contributed by atoms with Crippen molar-refractivity contribution in [3.05, 3.63) is 35.9 Å². The molecule has 1 aromatic carbocycles. The zero-order valence-corrected chi connectivity index (χ0v) is 10.8. The summed E-state index contributed by atoms with van der Waals surface area (Å²) in [6.07, 6.45) is -3.93. The molecule has 3 N–H and O–H groups in total. The summed E-state index contributed by atoms with van der Waals surface area (Å²) in [6.45, 7) is 1.69. The first-order valence-electron chi connectivity index (χ1n) is 6.41. The lowest BCUT2D eigenvalue weighted by atomic mass is 9.95. The molecule has 5 atom stereocenters. The highest BCUT2D eigenvalue weighted by Crippen LogP contribution is 2.24. The summed E-state index contributed by atoms with van der Waals surface area (Å²) >= 11 is 0. The van der Waals surface area contributed by atoms with Crippen LogP contribution in [0.25, 0.3) is 0 Å². The second-order valence-corrected chi connectivity index (χ2v) is 4.80. The lowest BCUT2D eigenvalue weighted by Crippen LogP contribution is -2.58. The molecule has 1 fully saturated rings. The van der Waals surface area contributed by atoms with Crippen molar-refractivity contribution in [2.24, 2.45) is 0 Å². The highest BCUT2D eigenvalue weighted by Gasteiger charge is 2.43. The SMILES string of the molecule is C[C@@H]1O[C@H](CO)[C@@H](O)[C@H](OCc2ccccc2)[C@H]1O. The third-order valence-corrected chi connectivity index (χ3v) is 3.39. The van der Waals surface area contributed by atoms with Crippen molar-refractivity contribution in [1.82, 2.24) is 0 Å². The van der Waals surface area contributed by atoms with Crippen molar-refractivity contribution in [3.8, 4) is 0 Å². The van der Waals surface area contributed by atoms with E-state index in [2.05, 4.69) is 0 Å². The third kappa shape index (κ3) is 3.32. The normalized spacial score (nSPS) is 35.3. The van der Waals surface area contributed by atoms with Gasteiger partial charge in [0, 0.05) is 0 Å². The van der Waals surface area contributed by atoms with E-state index in [0.717, 1.165) is 5.56 Å². The van der Waals surface area contributed by atoms with E-state index in [1.807, 2.05) is 30.3 Å². The number of hydrogen-bond acceptors (Lipinski definition) is 5. The molecule has 5 nitrogen and oxygen atoms in total. The molecule has 0 aromatic heterocycles. The maximum atomic E-state index is 10.0. The Balaban J connectivity index is 2.00. The van der Waals surface area contributed by atoms with E-state index >= 15 is 0 Å². The highest BCUT2D eigenvalue weighted by atomic mass is 16.6. The summed E-state index contributed by atoms with van der Waals surface area (Å²) in [5.74, 6) is 0. The second kappa shape index (κ2) is 6.45. The van der Waals surface area contributed by atoms with Gasteiger partial charge in [-0.2, -0.15) is 0 Å². The molecule has 19 heavy (non-hydrogen) atoms. The molecule has 5 heteroatoms. The maximum Gasteiger partial charge on any atom is 0.115 e. The summed E-state index contributed by atoms with van der Waals surface area (Å²) in [5.41, 5.74) is 0.960. The minimum atomic E-state index is -1.04. The van der Waals surface area contributed by atoms with Crippen LogP contribution in [0.2, 0.25) is 0 Å². The highest BCUT2D eigenvalue weighted by molar-refractivity contribution is 5.13. The smallest absolute Gasteiger partial charge is 0.115 e. The second-order valence-electron chi connectivity index (χ2n) is 4.80. The lowest BCUT2D eigenvalue weighted by Gasteiger charge is -2.40. The summed E-state index contributed by atoms with van der Waals surface area (Å²) < 4.78 is 10.9. The molecule has 0 aliphatic carbocycles. The lowest BCUT2D eigenvalue weighted by molar-refractivity contribution is -0.239. The third-order valence-electron chi connectivity index (χ3n) is 3.39. The zero-order valence-electron chi connectivity index (χ0n) is 10.8. The van der Waals surface area contributed by atoms with Crippen LogP contribution in [0.3, 0.4) is 0 Å². The standard InChI is InChI=1S/C14H20O5/c1-9-12(16)14(13(17)11(7-15)19-9)18-8-10-5-3-2-4-6-10/h2-6,9,11-17H,7-8H2,1H3/t9-,11+,12-,13+,14+/m0/s1. The van der Waals surface area contributed by atoms with Crippen LogP contribution in [0.15, 0.2) is 30.3 Å². The summed E-state index contributed by atoms with van der Waals surface area (Å²) in [7, 11) is 0. The molecule has 0 radical (unpaired) electrons. The molecule has 106 valence electrons. The average Bonchev–Trinajstić information content (AvgIpc) is 2.44. The van der Waals surface area contributed by atoms with Gasteiger partial charge < -0.3 is 24.8 Å². The first kappa shape index (κ1) is 14.4. The van der Waals surface area contributed by atoms with Gasteiger partial charge in [0.25, 0.3) is 0 Å². The number of aliphatic hydroxyl groups is 3. The Morgan fingerprint density at radius 3 is 2.47 bits per heavy atom. The molecule has 0 amide bonds. The van der Waals surface area contributed by atoms with Crippen LogP contribution >= 0.6 is 0 Å². The Labute approximate surface area is 112 Å². The Morgan fingerprint density at radius 2 is 1.84 bits per heavy atom. The van der Waals surface area contributed by atoms with Gasteiger partial charge in [-0.15, -0.1) is 0 Å². The number of aliphatic hydroxyl groups excluding tert-OH is 3. The fourth-order valence-corrected chi connectivity index (χ4v) is 2.23. The molecule has 2 rings (SSSR count). The summed E-state index contributed by atoms with van der Waals surface area (Å²) in [4.78, 5) is 0. The number of rotatable bonds is 4. The van der Waals surface area contributed by atoms with Crippen LogP contribution in [-0.4, -0.2) is 52.4 Å². The van der Waals surface area contributed by atoms with Crippen molar-refractivity contribution in [2.75, 3.05) is 6.61 Å². The largest absolute Gasteiger partial charge is 0.394 e. The molecule has 1 aliphatic heterocycles. The van der Waals surface area contributed by atoms with Crippen LogP contribution in [-0.2, 0) is 16.1 Å². The van der Waals surface area contributed by atoms with Crippen molar-refractivity contribution in [2.45, 2.75) is 44.1 Å². The Kier molecular flexibility index (Phi) is 4.90. The average molecular weight is 268 g/mol. The molecule has 1 saturated heterocycles. The molecule has 0 bridgehead atoms. The minimum Gasteiger partial charge on any atom is -0.394 e. The topological polar surface area (TPSA) is 79.2 Å². The fraction of sp³-hybridized carbons (Fsp3) is 0.571. The van der Waals surface area contributed by atoms with E-state index in [1.165, 1.54) is 0 Å². The first-order chi connectivity index (χ1) is 9.13. The molecular formula is C14H20O5.